The zero-order valence-electron chi connectivity index (χ0n) is 12.4. The van der Waals surface area contributed by atoms with Crippen LogP contribution in [-0.2, 0) is 10.0 Å². The van der Waals surface area contributed by atoms with Gasteiger partial charge in [-0.25, -0.2) is 17.9 Å². The quantitative estimate of drug-likeness (QED) is 0.715. The monoisotopic (exact) mass is 331 g/mol. The predicted molar refractivity (Wildman–Crippen MR) is 85.5 cm³/mol. The minimum absolute atomic E-state index is 0.00654. The molecule has 0 aromatic heterocycles. The van der Waals surface area contributed by atoms with Crippen LogP contribution in [0.1, 0.15) is 36.2 Å². The lowest BCUT2D eigenvalue weighted by atomic mass is 10.1. The van der Waals surface area contributed by atoms with Crippen molar-refractivity contribution in [3.63, 3.8) is 0 Å². The highest BCUT2D eigenvalue weighted by Gasteiger charge is 2.22. The van der Waals surface area contributed by atoms with Crippen molar-refractivity contribution in [2.45, 2.75) is 38.1 Å². The molecule has 0 spiro atoms. The van der Waals surface area contributed by atoms with Gasteiger partial charge in [-0.2, -0.15) is 11.8 Å². The van der Waals surface area contributed by atoms with E-state index in [1.54, 1.807) is 11.8 Å². The molecule has 1 aromatic carbocycles. The molecule has 0 aliphatic carbocycles. The van der Waals surface area contributed by atoms with Gasteiger partial charge >= 0.3 is 5.97 Å². The number of thioether (sulfide) groups is 1. The van der Waals surface area contributed by atoms with Gasteiger partial charge in [-0.15, -0.1) is 0 Å². The van der Waals surface area contributed by atoms with Crippen LogP contribution < -0.4 is 4.72 Å². The lowest BCUT2D eigenvalue weighted by Gasteiger charge is -2.16. The standard InChI is InChI=1S/C14H21NO4S2/c1-4-20-9-8-10(2)15-21(18,19)13-7-5-6-12(11(13)3)14(16)17/h5-7,10,15H,4,8-9H2,1-3H3,(H,16,17). The Kier molecular flexibility index (Phi) is 6.70. The molecule has 1 unspecified atom stereocenters. The molecule has 1 aromatic rings. The zero-order valence-corrected chi connectivity index (χ0v) is 14.1. The molecule has 7 heteroatoms. The largest absolute Gasteiger partial charge is 0.478 e. The molecule has 118 valence electrons. The van der Waals surface area contributed by atoms with Crippen LogP contribution in [0.15, 0.2) is 23.1 Å². The Morgan fingerprint density at radius 3 is 2.67 bits per heavy atom. The zero-order chi connectivity index (χ0) is 16.0. The first-order valence-corrected chi connectivity index (χ1v) is 9.36. The number of carbonyl (C=O) groups is 1. The summed E-state index contributed by atoms with van der Waals surface area (Å²) in [7, 11) is -3.71. The summed E-state index contributed by atoms with van der Waals surface area (Å²) in [6.07, 6.45) is 0.732. The molecule has 0 aliphatic rings. The smallest absolute Gasteiger partial charge is 0.335 e. The maximum atomic E-state index is 12.4. The fourth-order valence-corrected chi connectivity index (χ4v) is 4.28. The van der Waals surface area contributed by atoms with Crippen LogP contribution in [0.3, 0.4) is 0 Å². The van der Waals surface area contributed by atoms with Crippen LogP contribution in [0.2, 0.25) is 0 Å². The Bertz CT molecular complexity index is 599. The van der Waals surface area contributed by atoms with Crippen molar-refractivity contribution in [1.29, 1.82) is 0 Å². The van der Waals surface area contributed by atoms with Crippen LogP contribution in [0.25, 0.3) is 0 Å². The first kappa shape index (κ1) is 18.0. The SMILES string of the molecule is CCSCCC(C)NS(=O)(=O)c1cccc(C(=O)O)c1C. The average Bonchev–Trinajstić information content (AvgIpc) is 2.38. The molecule has 0 aliphatic heterocycles. The third kappa shape index (κ3) is 5.01. The number of hydrogen-bond acceptors (Lipinski definition) is 4. The van der Waals surface area contributed by atoms with E-state index in [1.807, 2.05) is 6.92 Å². The molecule has 0 amide bonds. The number of aromatic carboxylic acids is 1. The topological polar surface area (TPSA) is 83.5 Å². The maximum Gasteiger partial charge on any atom is 0.335 e. The molecular weight excluding hydrogens is 310 g/mol. The average molecular weight is 331 g/mol. The Labute approximate surface area is 130 Å². The Balaban J connectivity index is 2.93. The molecule has 0 saturated carbocycles. The van der Waals surface area contributed by atoms with Gasteiger partial charge in [-0.3, -0.25) is 0 Å². The number of nitrogens with one attached hydrogen (secondary N) is 1. The first-order valence-electron chi connectivity index (χ1n) is 6.72. The fraction of sp³-hybridized carbons (Fsp3) is 0.500. The van der Waals surface area contributed by atoms with Gasteiger partial charge in [-0.05, 0) is 49.5 Å². The number of hydrogen-bond donors (Lipinski definition) is 2. The Morgan fingerprint density at radius 2 is 2.10 bits per heavy atom. The minimum atomic E-state index is -3.71. The van der Waals surface area contributed by atoms with Crippen molar-refractivity contribution in [3.05, 3.63) is 29.3 Å². The lowest BCUT2D eigenvalue weighted by Crippen LogP contribution is -2.33. The summed E-state index contributed by atoms with van der Waals surface area (Å²) in [6, 6.07) is 4.08. The molecule has 0 bridgehead atoms. The van der Waals surface area contributed by atoms with E-state index in [0.717, 1.165) is 17.9 Å². The van der Waals surface area contributed by atoms with Crippen molar-refractivity contribution >= 4 is 27.8 Å². The summed E-state index contributed by atoms with van der Waals surface area (Å²) in [5.74, 6) is 0.755. The maximum absolute atomic E-state index is 12.4. The summed E-state index contributed by atoms with van der Waals surface area (Å²) in [5.41, 5.74) is 0.264. The van der Waals surface area contributed by atoms with Crippen molar-refractivity contribution in [3.8, 4) is 0 Å². The summed E-state index contributed by atoms with van der Waals surface area (Å²) < 4.78 is 27.3. The van der Waals surface area contributed by atoms with Crippen LogP contribution in [0.4, 0.5) is 0 Å². The van der Waals surface area contributed by atoms with Crippen LogP contribution in [0.5, 0.6) is 0 Å². The Morgan fingerprint density at radius 1 is 1.43 bits per heavy atom. The van der Waals surface area contributed by atoms with Crippen LogP contribution in [0, 0.1) is 6.92 Å². The first-order chi connectivity index (χ1) is 9.79. The normalized spacial score (nSPS) is 13.1. The highest BCUT2D eigenvalue weighted by atomic mass is 32.2. The van der Waals surface area contributed by atoms with Crippen molar-refractivity contribution in [2.24, 2.45) is 0 Å². The van der Waals surface area contributed by atoms with E-state index in [-0.39, 0.29) is 22.1 Å². The fourth-order valence-electron chi connectivity index (χ4n) is 1.93. The third-order valence-corrected chi connectivity index (χ3v) is 5.73. The lowest BCUT2D eigenvalue weighted by molar-refractivity contribution is 0.0696. The number of carboxylic acid groups (broad SMARTS) is 1. The molecule has 21 heavy (non-hydrogen) atoms. The molecule has 2 N–H and O–H groups in total. The number of rotatable bonds is 8. The molecule has 0 heterocycles. The molecule has 0 radical (unpaired) electrons. The second-order valence-electron chi connectivity index (χ2n) is 4.74. The van der Waals surface area contributed by atoms with Crippen molar-refractivity contribution < 1.29 is 18.3 Å². The molecule has 0 saturated heterocycles. The van der Waals surface area contributed by atoms with E-state index in [0.29, 0.717) is 0 Å². The van der Waals surface area contributed by atoms with E-state index in [4.69, 9.17) is 5.11 Å². The third-order valence-electron chi connectivity index (χ3n) is 3.06. The van der Waals surface area contributed by atoms with E-state index in [9.17, 15) is 13.2 Å². The Hall–Kier alpha value is -1.05. The van der Waals surface area contributed by atoms with Crippen LogP contribution >= 0.6 is 11.8 Å². The van der Waals surface area contributed by atoms with Gasteiger partial charge in [-0.1, -0.05) is 13.0 Å². The molecule has 1 atom stereocenters. The van der Waals surface area contributed by atoms with Crippen molar-refractivity contribution in [2.75, 3.05) is 11.5 Å². The van der Waals surface area contributed by atoms with Crippen LogP contribution in [-0.4, -0.2) is 37.0 Å². The second-order valence-corrected chi connectivity index (χ2v) is 7.82. The van der Waals surface area contributed by atoms with E-state index >= 15 is 0 Å². The minimum Gasteiger partial charge on any atom is -0.478 e. The highest BCUT2D eigenvalue weighted by Crippen LogP contribution is 2.19. The summed E-state index contributed by atoms with van der Waals surface area (Å²) >= 11 is 1.76. The summed E-state index contributed by atoms with van der Waals surface area (Å²) in [5, 5.41) is 9.06. The predicted octanol–water partition coefficient (Wildman–Crippen LogP) is 2.50. The molecule has 5 nitrogen and oxygen atoms in total. The molecule has 1 rings (SSSR count). The van der Waals surface area contributed by atoms with Gasteiger partial charge in [0.1, 0.15) is 0 Å². The number of sulfonamides is 1. The van der Waals surface area contributed by atoms with Gasteiger partial charge in [0.25, 0.3) is 0 Å². The van der Waals surface area contributed by atoms with Gasteiger partial charge in [0.2, 0.25) is 10.0 Å². The summed E-state index contributed by atoms with van der Waals surface area (Å²) in [6.45, 7) is 5.38. The van der Waals surface area contributed by atoms with Gasteiger partial charge in [0.15, 0.2) is 0 Å². The molecule has 0 fully saturated rings. The number of carboxylic acids is 1. The highest BCUT2D eigenvalue weighted by molar-refractivity contribution is 7.99. The van der Waals surface area contributed by atoms with Gasteiger partial charge in [0, 0.05) is 6.04 Å². The van der Waals surface area contributed by atoms with Gasteiger partial charge in [0.05, 0.1) is 10.5 Å². The summed E-state index contributed by atoms with van der Waals surface area (Å²) in [4.78, 5) is 11.1. The van der Waals surface area contributed by atoms with E-state index < -0.39 is 16.0 Å². The number of benzene rings is 1. The molecular formula is C14H21NO4S2. The van der Waals surface area contributed by atoms with E-state index in [2.05, 4.69) is 11.6 Å². The second kappa shape index (κ2) is 7.82. The van der Waals surface area contributed by atoms with Gasteiger partial charge < -0.3 is 5.11 Å². The van der Waals surface area contributed by atoms with E-state index in [1.165, 1.54) is 25.1 Å². The van der Waals surface area contributed by atoms with Crippen molar-refractivity contribution in [1.82, 2.24) is 4.72 Å².